The Balaban J connectivity index is 1.80. The maximum absolute atomic E-state index is 12.6. The molecular weight excluding hydrogens is 347 g/mol. The molecule has 0 aliphatic rings. The average molecular weight is 367 g/mol. The Labute approximate surface area is 149 Å². The van der Waals surface area contributed by atoms with Crippen molar-refractivity contribution in [1.82, 2.24) is 15.3 Å². The topological polar surface area (TPSA) is 92.9 Å². The van der Waals surface area contributed by atoms with Crippen LogP contribution in [-0.4, -0.2) is 29.0 Å². The summed E-state index contributed by atoms with van der Waals surface area (Å²) in [6.45, 7) is 2.10. The summed E-state index contributed by atoms with van der Waals surface area (Å²) >= 11 is 0. The number of carbonyl (C=O) groups is 1. The number of rotatable bonds is 7. The summed E-state index contributed by atoms with van der Waals surface area (Å²) in [6, 6.07) is 9.60. The second-order valence-electron chi connectivity index (χ2n) is 5.71. The van der Waals surface area contributed by atoms with Gasteiger partial charge in [0.2, 0.25) is 11.9 Å². The molecule has 0 saturated heterocycles. The van der Waals surface area contributed by atoms with Gasteiger partial charge in [0, 0.05) is 25.3 Å². The van der Waals surface area contributed by atoms with Crippen LogP contribution in [0.15, 0.2) is 42.6 Å². The maximum atomic E-state index is 12.6. The molecule has 6 nitrogen and oxygen atoms in total. The van der Waals surface area contributed by atoms with Crippen molar-refractivity contribution in [3.63, 3.8) is 0 Å². The van der Waals surface area contributed by atoms with E-state index in [2.05, 4.69) is 20.6 Å². The molecule has 1 amide bonds. The molecule has 9 heteroatoms. The van der Waals surface area contributed by atoms with E-state index in [1.807, 2.05) is 30.3 Å². The number of carbonyl (C=O) groups excluding carboxylic acids is 1. The van der Waals surface area contributed by atoms with Gasteiger partial charge in [-0.15, -0.1) is 0 Å². The van der Waals surface area contributed by atoms with Crippen LogP contribution in [0.5, 0.6) is 0 Å². The monoisotopic (exact) mass is 367 g/mol. The van der Waals surface area contributed by atoms with Gasteiger partial charge in [0.1, 0.15) is 5.69 Å². The molecule has 1 aromatic heterocycles. The molecule has 0 aliphatic carbocycles. The summed E-state index contributed by atoms with van der Waals surface area (Å²) in [4.78, 5) is 19.3. The van der Waals surface area contributed by atoms with E-state index in [9.17, 15) is 18.0 Å². The van der Waals surface area contributed by atoms with Crippen molar-refractivity contribution in [2.75, 3.05) is 18.4 Å². The molecule has 0 radical (unpaired) electrons. The van der Waals surface area contributed by atoms with Crippen molar-refractivity contribution >= 4 is 11.9 Å². The van der Waals surface area contributed by atoms with Crippen molar-refractivity contribution in [2.24, 2.45) is 11.7 Å². The van der Waals surface area contributed by atoms with E-state index in [1.54, 1.807) is 6.92 Å². The van der Waals surface area contributed by atoms with Crippen LogP contribution in [-0.2, 0) is 11.0 Å². The number of halogens is 3. The molecule has 26 heavy (non-hydrogen) atoms. The lowest BCUT2D eigenvalue weighted by molar-refractivity contribution is -0.141. The molecule has 0 spiro atoms. The SMILES string of the molecule is CC(C(=O)NCCNc1nccc(C(F)(F)F)n1)C(N)c1ccccc1. The van der Waals surface area contributed by atoms with Gasteiger partial charge in [-0.2, -0.15) is 13.2 Å². The van der Waals surface area contributed by atoms with Crippen LogP contribution >= 0.6 is 0 Å². The van der Waals surface area contributed by atoms with Crippen LogP contribution in [0.1, 0.15) is 24.2 Å². The van der Waals surface area contributed by atoms with Crippen LogP contribution in [0.3, 0.4) is 0 Å². The molecule has 2 aromatic rings. The molecule has 0 aliphatic heterocycles. The fraction of sp³-hybridized carbons (Fsp3) is 0.353. The lowest BCUT2D eigenvalue weighted by atomic mass is 9.95. The molecule has 2 atom stereocenters. The summed E-state index contributed by atoms with van der Waals surface area (Å²) in [5.74, 6) is -0.849. The summed E-state index contributed by atoms with van der Waals surface area (Å²) in [7, 11) is 0. The number of hydrogen-bond donors (Lipinski definition) is 3. The first-order valence-electron chi connectivity index (χ1n) is 8.01. The highest BCUT2D eigenvalue weighted by molar-refractivity contribution is 5.79. The standard InChI is InChI=1S/C17H20F3N5O/c1-11(14(21)12-5-3-2-4-6-12)15(26)22-9-10-24-16-23-8-7-13(25-16)17(18,19)20/h2-8,11,14H,9-10,21H2,1H3,(H,22,26)(H,23,24,25). The van der Waals surface area contributed by atoms with E-state index < -0.39 is 23.8 Å². The number of nitrogens with two attached hydrogens (primary N) is 1. The zero-order valence-electron chi connectivity index (χ0n) is 14.1. The van der Waals surface area contributed by atoms with E-state index >= 15 is 0 Å². The normalized spacial score (nSPS) is 13.7. The fourth-order valence-electron chi connectivity index (χ4n) is 2.25. The highest BCUT2D eigenvalue weighted by atomic mass is 19.4. The molecule has 1 aromatic carbocycles. The summed E-state index contributed by atoms with van der Waals surface area (Å²) in [5.41, 5.74) is 5.92. The number of aromatic nitrogens is 2. The number of anilines is 1. The van der Waals surface area contributed by atoms with Crippen molar-refractivity contribution < 1.29 is 18.0 Å². The van der Waals surface area contributed by atoms with E-state index in [0.29, 0.717) is 0 Å². The van der Waals surface area contributed by atoms with E-state index in [-0.39, 0.29) is 24.9 Å². The predicted molar refractivity (Wildman–Crippen MR) is 91.1 cm³/mol. The zero-order valence-corrected chi connectivity index (χ0v) is 14.1. The minimum Gasteiger partial charge on any atom is -0.354 e. The van der Waals surface area contributed by atoms with Crippen LogP contribution < -0.4 is 16.4 Å². The molecule has 4 N–H and O–H groups in total. The molecule has 2 rings (SSSR count). The van der Waals surface area contributed by atoms with Gasteiger partial charge in [-0.05, 0) is 11.6 Å². The van der Waals surface area contributed by atoms with Crippen LogP contribution in [0, 0.1) is 5.92 Å². The van der Waals surface area contributed by atoms with Crippen molar-refractivity contribution in [1.29, 1.82) is 0 Å². The second kappa shape index (κ2) is 8.61. The van der Waals surface area contributed by atoms with Crippen LogP contribution in [0.4, 0.5) is 19.1 Å². The van der Waals surface area contributed by atoms with Gasteiger partial charge in [-0.3, -0.25) is 4.79 Å². The maximum Gasteiger partial charge on any atom is 0.433 e. The Morgan fingerprint density at radius 2 is 1.88 bits per heavy atom. The number of nitrogens with zero attached hydrogens (tertiary/aromatic N) is 2. The molecular formula is C17H20F3N5O. The average Bonchev–Trinajstić information content (AvgIpc) is 2.64. The minimum atomic E-state index is -4.53. The first-order valence-corrected chi connectivity index (χ1v) is 8.01. The number of nitrogens with one attached hydrogen (secondary N) is 2. The van der Waals surface area contributed by atoms with Crippen molar-refractivity contribution in [3.05, 3.63) is 53.9 Å². The Morgan fingerprint density at radius 1 is 1.19 bits per heavy atom. The number of benzene rings is 1. The summed E-state index contributed by atoms with van der Waals surface area (Å²) < 4.78 is 37.7. The van der Waals surface area contributed by atoms with Gasteiger partial charge in [-0.1, -0.05) is 37.3 Å². The second-order valence-corrected chi connectivity index (χ2v) is 5.71. The Hall–Kier alpha value is -2.68. The molecule has 1 heterocycles. The number of hydrogen-bond acceptors (Lipinski definition) is 5. The van der Waals surface area contributed by atoms with Crippen LogP contribution in [0.25, 0.3) is 0 Å². The van der Waals surface area contributed by atoms with Gasteiger partial charge in [-0.25, -0.2) is 9.97 Å². The Bertz CT molecular complexity index is 724. The zero-order chi connectivity index (χ0) is 19.2. The molecule has 140 valence electrons. The van der Waals surface area contributed by atoms with E-state index in [0.717, 1.165) is 17.8 Å². The highest BCUT2D eigenvalue weighted by Crippen LogP contribution is 2.27. The first-order chi connectivity index (χ1) is 12.3. The first kappa shape index (κ1) is 19.6. The van der Waals surface area contributed by atoms with Crippen molar-refractivity contribution in [3.8, 4) is 0 Å². The summed E-state index contributed by atoms with van der Waals surface area (Å²) in [6.07, 6.45) is -3.51. The molecule has 0 saturated carbocycles. The van der Waals surface area contributed by atoms with Gasteiger partial charge in [0.25, 0.3) is 0 Å². The quantitative estimate of drug-likeness (QED) is 0.654. The van der Waals surface area contributed by atoms with Gasteiger partial charge in [0.15, 0.2) is 0 Å². The molecule has 2 unspecified atom stereocenters. The van der Waals surface area contributed by atoms with Gasteiger partial charge in [0.05, 0.1) is 5.92 Å². The number of amides is 1. The van der Waals surface area contributed by atoms with Gasteiger partial charge < -0.3 is 16.4 Å². The third-order valence-electron chi connectivity index (χ3n) is 3.79. The third kappa shape index (κ3) is 5.41. The largest absolute Gasteiger partial charge is 0.433 e. The lowest BCUT2D eigenvalue weighted by Crippen LogP contribution is -2.37. The Kier molecular flexibility index (Phi) is 6.51. The molecule has 0 bridgehead atoms. The smallest absolute Gasteiger partial charge is 0.354 e. The number of alkyl halides is 3. The van der Waals surface area contributed by atoms with Crippen molar-refractivity contribution in [2.45, 2.75) is 19.1 Å². The third-order valence-corrected chi connectivity index (χ3v) is 3.79. The minimum absolute atomic E-state index is 0.150. The fourth-order valence-corrected chi connectivity index (χ4v) is 2.25. The van der Waals surface area contributed by atoms with E-state index in [1.165, 1.54) is 0 Å². The predicted octanol–water partition coefficient (Wildman–Crippen LogP) is 2.36. The lowest BCUT2D eigenvalue weighted by Gasteiger charge is -2.20. The highest BCUT2D eigenvalue weighted by Gasteiger charge is 2.32. The van der Waals surface area contributed by atoms with E-state index in [4.69, 9.17) is 5.73 Å². The molecule has 0 fully saturated rings. The Morgan fingerprint density at radius 3 is 2.54 bits per heavy atom. The van der Waals surface area contributed by atoms with Gasteiger partial charge >= 0.3 is 6.18 Å². The van der Waals surface area contributed by atoms with Crippen LogP contribution in [0.2, 0.25) is 0 Å². The summed E-state index contributed by atoms with van der Waals surface area (Å²) in [5, 5.41) is 5.33.